The number of alkyl halides is 1. The van der Waals surface area contributed by atoms with E-state index in [1.54, 1.807) is 18.4 Å². The minimum atomic E-state index is 0.131. The van der Waals surface area contributed by atoms with Gasteiger partial charge in [-0.15, -0.1) is 11.3 Å². The Bertz CT molecular complexity index is 565. The molecule has 1 aromatic carbocycles. The van der Waals surface area contributed by atoms with Gasteiger partial charge in [0, 0.05) is 10.0 Å². The summed E-state index contributed by atoms with van der Waals surface area (Å²) in [6.07, 6.45) is 0. The highest BCUT2D eigenvalue weighted by atomic mass is 79.9. The zero-order chi connectivity index (χ0) is 13.3. The third-order valence-electron chi connectivity index (χ3n) is 2.66. The summed E-state index contributed by atoms with van der Waals surface area (Å²) in [4.78, 5) is 0.131. The molecule has 0 aliphatic carbocycles. The lowest BCUT2D eigenvalue weighted by Gasteiger charge is -2.15. The highest BCUT2D eigenvalue weighted by Crippen LogP contribution is 2.41. The van der Waals surface area contributed by atoms with Gasteiger partial charge in [-0.3, -0.25) is 0 Å². The molecule has 0 amide bonds. The monoisotopic (exact) mass is 452 g/mol. The van der Waals surface area contributed by atoms with E-state index >= 15 is 0 Å². The third kappa shape index (κ3) is 3.00. The predicted octanol–water partition coefficient (Wildman–Crippen LogP) is 6.07. The Hall–Kier alpha value is 0.160. The van der Waals surface area contributed by atoms with E-state index in [2.05, 4.69) is 78.3 Å². The number of hydrogen-bond donors (Lipinski definition) is 0. The number of aryl methyl sites for hydroxylation is 1. The van der Waals surface area contributed by atoms with Gasteiger partial charge in [-0.2, -0.15) is 0 Å². The maximum Gasteiger partial charge on any atom is 0.123 e. The molecule has 0 saturated carbocycles. The summed E-state index contributed by atoms with van der Waals surface area (Å²) in [5, 5.41) is 2.14. The highest BCUT2D eigenvalue weighted by molar-refractivity contribution is 9.11. The first-order valence-corrected chi connectivity index (χ1v) is 8.63. The molecule has 96 valence electrons. The number of halogens is 3. The summed E-state index contributed by atoms with van der Waals surface area (Å²) < 4.78 is 7.70. The van der Waals surface area contributed by atoms with Crippen LogP contribution in [0.4, 0.5) is 0 Å². The first-order valence-electron chi connectivity index (χ1n) is 5.25. The van der Waals surface area contributed by atoms with Crippen molar-refractivity contribution in [2.45, 2.75) is 11.8 Å². The Kier molecular flexibility index (Phi) is 4.92. The van der Waals surface area contributed by atoms with Crippen molar-refractivity contribution in [3.8, 4) is 5.75 Å². The van der Waals surface area contributed by atoms with Gasteiger partial charge in [0.25, 0.3) is 0 Å². The average molecular weight is 455 g/mol. The number of rotatable bonds is 3. The second kappa shape index (κ2) is 6.07. The van der Waals surface area contributed by atoms with Crippen molar-refractivity contribution in [3.05, 3.63) is 48.5 Å². The molecule has 0 saturated heterocycles. The van der Waals surface area contributed by atoms with Crippen molar-refractivity contribution in [3.63, 3.8) is 0 Å². The topological polar surface area (TPSA) is 9.23 Å². The number of thiophene rings is 1. The van der Waals surface area contributed by atoms with Crippen molar-refractivity contribution in [1.82, 2.24) is 0 Å². The Balaban J connectivity index is 2.46. The molecular formula is C13H11Br3OS. The molecule has 2 aromatic rings. The summed E-state index contributed by atoms with van der Waals surface area (Å²) in [7, 11) is 1.70. The van der Waals surface area contributed by atoms with Gasteiger partial charge in [-0.05, 0) is 57.6 Å². The molecule has 0 aliphatic heterocycles. The first kappa shape index (κ1) is 14.6. The smallest absolute Gasteiger partial charge is 0.123 e. The normalized spacial score (nSPS) is 12.5. The van der Waals surface area contributed by atoms with Crippen LogP contribution in [0, 0.1) is 6.92 Å². The molecular weight excluding hydrogens is 444 g/mol. The van der Waals surface area contributed by atoms with Crippen LogP contribution >= 0.6 is 59.1 Å². The molecule has 1 heterocycles. The molecule has 0 radical (unpaired) electrons. The molecule has 0 bridgehead atoms. The van der Waals surface area contributed by atoms with Gasteiger partial charge in [0.15, 0.2) is 0 Å². The van der Waals surface area contributed by atoms with Gasteiger partial charge >= 0.3 is 0 Å². The van der Waals surface area contributed by atoms with Crippen LogP contribution in [0.15, 0.2) is 31.8 Å². The maximum absolute atomic E-state index is 5.47. The van der Waals surface area contributed by atoms with Crippen molar-refractivity contribution in [2.24, 2.45) is 0 Å². The van der Waals surface area contributed by atoms with E-state index in [1.165, 1.54) is 11.1 Å². The van der Waals surface area contributed by atoms with Gasteiger partial charge in [0.2, 0.25) is 0 Å². The second-order valence-electron chi connectivity index (χ2n) is 3.89. The molecule has 1 unspecified atom stereocenters. The zero-order valence-corrected chi connectivity index (χ0v) is 15.4. The van der Waals surface area contributed by atoms with E-state index in [1.807, 2.05) is 0 Å². The van der Waals surface area contributed by atoms with Crippen LogP contribution < -0.4 is 4.74 Å². The summed E-state index contributed by atoms with van der Waals surface area (Å²) in [5.41, 5.74) is 3.52. The van der Waals surface area contributed by atoms with Crippen LogP contribution in [0.25, 0.3) is 0 Å². The number of benzene rings is 1. The molecule has 1 aromatic heterocycles. The fraction of sp³-hybridized carbons (Fsp3) is 0.231. The fourth-order valence-corrected chi connectivity index (χ4v) is 4.04. The van der Waals surface area contributed by atoms with Gasteiger partial charge in [0.05, 0.1) is 15.7 Å². The molecule has 0 spiro atoms. The van der Waals surface area contributed by atoms with E-state index in [4.69, 9.17) is 4.74 Å². The van der Waals surface area contributed by atoms with Crippen LogP contribution in [0.2, 0.25) is 0 Å². The minimum absolute atomic E-state index is 0.131. The van der Waals surface area contributed by atoms with Crippen molar-refractivity contribution >= 4 is 59.1 Å². The molecule has 18 heavy (non-hydrogen) atoms. The van der Waals surface area contributed by atoms with E-state index in [0.717, 1.165) is 19.6 Å². The van der Waals surface area contributed by atoms with E-state index in [-0.39, 0.29) is 4.83 Å². The lowest BCUT2D eigenvalue weighted by molar-refractivity contribution is 0.410. The summed E-state index contributed by atoms with van der Waals surface area (Å²) in [6, 6.07) is 6.28. The SMILES string of the molecule is COc1cc(C)c(Br)cc1C(Br)c1csc(Br)c1. The van der Waals surface area contributed by atoms with Gasteiger partial charge in [-0.1, -0.05) is 31.9 Å². The van der Waals surface area contributed by atoms with Gasteiger partial charge < -0.3 is 4.74 Å². The van der Waals surface area contributed by atoms with E-state index < -0.39 is 0 Å². The molecule has 1 atom stereocenters. The zero-order valence-electron chi connectivity index (χ0n) is 9.84. The molecule has 0 fully saturated rings. The number of hydrogen-bond acceptors (Lipinski definition) is 2. The molecule has 0 aliphatic rings. The standard InChI is InChI=1S/C13H11Br3OS/c1-7-3-11(17-2)9(5-10(7)14)13(16)8-4-12(15)18-6-8/h3-6,13H,1-2H3. The Morgan fingerprint density at radius 1 is 1.22 bits per heavy atom. The first-order chi connectivity index (χ1) is 8.52. The largest absolute Gasteiger partial charge is 0.496 e. The van der Waals surface area contributed by atoms with Gasteiger partial charge in [-0.25, -0.2) is 0 Å². The van der Waals surface area contributed by atoms with Crippen molar-refractivity contribution in [2.75, 3.05) is 7.11 Å². The lowest BCUT2D eigenvalue weighted by atomic mass is 10.0. The average Bonchev–Trinajstić information content (AvgIpc) is 2.78. The van der Waals surface area contributed by atoms with E-state index in [0.29, 0.717) is 0 Å². The van der Waals surface area contributed by atoms with Crippen molar-refractivity contribution < 1.29 is 4.74 Å². The lowest BCUT2D eigenvalue weighted by Crippen LogP contribution is -1.97. The van der Waals surface area contributed by atoms with Crippen LogP contribution in [0.3, 0.4) is 0 Å². The van der Waals surface area contributed by atoms with Crippen molar-refractivity contribution in [1.29, 1.82) is 0 Å². The number of methoxy groups -OCH3 is 1. The summed E-state index contributed by atoms with van der Waals surface area (Å²) >= 11 is 12.5. The van der Waals surface area contributed by atoms with Gasteiger partial charge in [0.1, 0.15) is 5.75 Å². The fourth-order valence-electron chi connectivity index (χ4n) is 1.68. The summed E-state index contributed by atoms with van der Waals surface area (Å²) in [6.45, 7) is 2.06. The Labute approximate surface area is 136 Å². The van der Waals surface area contributed by atoms with Crippen LogP contribution in [0.1, 0.15) is 21.5 Å². The quantitative estimate of drug-likeness (QED) is 0.511. The minimum Gasteiger partial charge on any atom is -0.496 e. The van der Waals surface area contributed by atoms with Crippen LogP contribution in [-0.2, 0) is 0 Å². The maximum atomic E-state index is 5.47. The van der Waals surface area contributed by atoms with Crippen LogP contribution in [-0.4, -0.2) is 7.11 Å². The third-order valence-corrected chi connectivity index (χ3v) is 6.06. The molecule has 2 rings (SSSR count). The second-order valence-corrected chi connectivity index (χ2v) is 7.95. The Morgan fingerprint density at radius 3 is 2.50 bits per heavy atom. The summed E-state index contributed by atoms with van der Waals surface area (Å²) in [5.74, 6) is 0.903. The molecule has 5 heteroatoms. The molecule has 1 nitrogen and oxygen atoms in total. The molecule has 0 N–H and O–H groups in total. The van der Waals surface area contributed by atoms with Crippen LogP contribution in [0.5, 0.6) is 5.75 Å². The number of ether oxygens (including phenoxy) is 1. The van der Waals surface area contributed by atoms with E-state index in [9.17, 15) is 0 Å². The highest BCUT2D eigenvalue weighted by Gasteiger charge is 2.18. The Morgan fingerprint density at radius 2 is 1.94 bits per heavy atom. The predicted molar refractivity (Wildman–Crippen MR) is 88.2 cm³/mol.